The molecular weight excluding hydrogens is 1810 g/mol. The van der Waals surface area contributed by atoms with E-state index in [0.29, 0.717) is 27.8 Å². The van der Waals surface area contributed by atoms with Crippen LogP contribution in [0.4, 0.5) is 0 Å². The molecule has 0 unspecified atom stereocenters. The van der Waals surface area contributed by atoms with Crippen LogP contribution in [0.1, 0.15) is 27.8 Å². The predicted octanol–water partition coefficient (Wildman–Crippen LogP) is 34.6. The molecule has 21 aromatic carbocycles. The Morgan fingerprint density at radius 2 is 0.593 bits per heavy atom. The number of rotatable bonds is 9. The second-order valence-electron chi connectivity index (χ2n) is 36.7. The topological polar surface area (TPSA) is 162 Å². The average molecular weight is 1880 g/mol. The van der Waals surface area contributed by atoms with Crippen LogP contribution in [-0.2, 0) is 0 Å². The van der Waals surface area contributed by atoms with E-state index >= 15 is 0 Å². The Hall–Kier alpha value is -19.9. The largest absolute Gasteiger partial charge is 0.455 e. The summed E-state index contributed by atoms with van der Waals surface area (Å²) in [5.41, 5.74) is 29.6. The van der Waals surface area contributed by atoms with Gasteiger partial charge in [0.1, 0.15) is 17.2 Å². The number of thiophene rings is 2. The van der Waals surface area contributed by atoms with Crippen LogP contribution in [0, 0.1) is 56.7 Å². The Bertz CT molecular complexity index is 11000. The minimum Gasteiger partial charge on any atom is -0.455 e. The van der Waals surface area contributed by atoms with Crippen LogP contribution in [0.5, 0.6) is 0 Å². The molecule has 12 nitrogen and oxygen atoms in total. The summed E-state index contributed by atoms with van der Waals surface area (Å²) in [4.78, 5) is 0. The third-order valence-electron chi connectivity index (χ3n) is 29.1. The molecule has 9 heterocycles. The lowest BCUT2D eigenvalue weighted by atomic mass is 9.96. The molecule has 0 aliphatic rings. The first-order valence-corrected chi connectivity index (χ1v) is 49.7. The van der Waals surface area contributed by atoms with E-state index in [9.17, 15) is 26.3 Å². The summed E-state index contributed by atoms with van der Waals surface area (Å²) < 4.78 is 25.6. The molecule has 0 bridgehead atoms. The van der Waals surface area contributed by atoms with Crippen LogP contribution < -0.4 is 0 Å². The summed E-state index contributed by atoms with van der Waals surface area (Å²) in [6.45, 7) is 0. The van der Waals surface area contributed by atoms with Crippen LogP contribution >= 0.6 is 22.7 Å². The van der Waals surface area contributed by atoms with Gasteiger partial charge in [-0.25, -0.2) is 0 Å². The maximum Gasteiger partial charge on any atom is 0.145 e. The first-order chi connectivity index (χ1) is 71.7. The number of hydrogen-bond donors (Lipinski definition) is 0. The number of nitrogens with zero attached hydrogens (tertiary/aromatic N) is 11. The molecule has 145 heavy (non-hydrogen) atoms. The summed E-state index contributed by atoms with van der Waals surface area (Å²) >= 11 is 3.71. The van der Waals surface area contributed by atoms with Crippen LogP contribution in [0.25, 0.3) is 261 Å². The van der Waals surface area contributed by atoms with Gasteiger partial charge in [0.05, 0.1) is 141 Å². The number of benzene rings is 21. The Kier molecular flexibility index (Phi) is 19.1. The maximum absolute atomic E-state index is 10.5. The van der Waals surface area contributed by atoms with Gasteiger partial charge in [0.25, 0.3) is 0 Å². The van der Waals surface area contributed by atoms with Crippen LogP contribution in [0.15, 0.2) is 447 Å². The van der Waals surface area contributed by atoms with Gasteiger partial charge in [-0.3, -0.25) is 0 Å². The average Bonchev–Trinajstić information content (AvgIpc) is 1.38. The lowest BCUT2D eigenvalue weighted by Gasteiger charge is -2.16. The molecule has 0 atom stereocenters. The highest BCUT2D eigenvalue weighted by Gasteiger charge is 2.29. The van der Waals surface area contributed by atoms with Crippen molar-refractivity contribution in [1.29, 1.82) is 26.3 Å². The summed E-state index contributed by atoms with van der Waals surface area (Å²) in [6, 6.07) is 166. The predicted molar refractivity (Wildman–Crippen MR) is 598 cm³/mol. The fraction of sp³-hybridized carbons (Fsp3) is 0. The van der Waals surface area contributed by atoms with Crippen molar-refractivity contribution < 1.29 is 4.42 Å². The highest BCUT2D eigenvalue weighted by molar-refractivity contribution is 7.27. The minimum absolute atomic E-state index is 0.584. The zero-order chi connectivity index (χ0) is 96.3. The van der Waals surface area contributed by atoms with E-state index in [1.165, 1.54) is 83.7 Å². The quantitative estimate of drug-likeness (QED) is 0.140. The number of furan rings is 1. The summed E-state index contributed by atoms with van der Waals surface area (Å²) in [5, 5.41) is 71.3. The van der Waals surface area contributed by atoms with E-state index < -0.39 is 0 Å². The van der Waals surface area contributed by atoms with Crippen molar-refractivity contribution in [1.82, 2.24) is 27.4 Å². The number of hydrogen-bond acceptors (Lipinski definition) is 8. The third-order valence-corrected chi connectivity index (χ3v) is 31.5. The molecule has 0 N–H and O–H groups in total. The molecule has 14 heteroatoms. The Labute approximate surface area is 836 Å². The molecule has 30 aromatic rings. The highest BCUT2D eigenvalue weighted by Crippen LogP contribution is 2.51. The van der Waals surface area contributed by atoms with Crippen molar-refractivity contribution in [3.05, 3.63) is 471 Å². The molecule has 0 saturated carbocycles. The van der Waals surface area contributed by atoms with E-state index in [-0.39, 0.29) is 0 Å². The first-order valence-electron chi connectivity index (χ1n) is 48.0. The lowest BCUT2D eigenvalue weighted by molar-refractivity contribution is 0.673. The van der Waals surface area contributed by atoms with Gasteiger partial charge in [-0.2, -0.15) is 26.3 Å². The van der Waals surface area contributed by atoms with Crippen LogP contribution in [0.2, 0.25) is 0 Å². The molecule has 9 aromatic heterocycles. The number of fused-ring (bicyclic) bond motifs is 30. The van der Waals surface area contributed by atoms with E-state index in [4.69, 9.17) is 4.42 Å². The van der Waals surface area contributed by atoms with Crippen molar-refractivity contribution in [2.75, 3.05) is 0 Å². The second-order valence-corrected chi connectivity index (χ2v) is 38.8. The molecule has 0 radical (unpaired) electrons. The van der Waals surface area contributed by atoms with Gasteiger partial charge >= 0.3 is 0 Å². The molecule has 670 valence electrons. The lowest BCUT2D eigenvalue weighted by Crippen LogP contribution is -2.01. The van der Waals surface area contributed by atoms with Crippen molar-refractivity contribution in [3.63, 3.8) is 0 Å². The van der Waals surface area contributed by atoms with Gasteiger partial charge in [0.2, 0.25) is 0 Å². The fourth-order valence-electron chi connectivity index (χ4n) is 22.9. The monoisotopic (exact) mass is 1880 g/mol. The van der Waals surface area contributed by atoms with Gasteiger partial charge in [0.15, 0.2) is 0 Å². The van der Waals surface area contributed by atoms with Crippen molar-refractivity contribution in [2.24, 2.45) is 0 Å². The zero-order valence-corrected chi connectivity index (χ0v) is 78.9. The Morgan fingerprint density at radius 3 is 1.13 bits per heavy atom. The molecule has 0 aliphatic carbocycles. The standard InChI is InChI=1S/2C44H24N4S.C43H25N3O/c45-25-27-17-21-38-36(23-27)32-12-4-6-15-37(32)48(38)43-29(26-46)9-8-14-31(43)28-18-19-35-40(24-28)47(30-10-2-1-3-11-30)39-22-20-34-33-13-5-7-16-41(33)49-44(34)42(35)39;45-25-27-15-20-38-36(22-27)32-10-4-6-12-37(32)48(38)40-23-28(26-46)14-17-31(40)29-16-18-35-41(24-29)47(30-8-2-1-3-9-30)39-21-19-34-33-11-5-7-13-42(33)49-44(34)43(35)39;44-26-28-11-10-19-38(46-35-17-7-4-14-30(35)31-15-5-8-18-36(31)46)41(28)27-21-23-37-34(25-27)42-39(45(37)29-12-2-1-3-13-29)24-22-33-32-16-6-9-20-40(32)47-43(33)42/h2*1-24H;1-25H. The third kappa shape index (κ3) is 12.8. The van der Waals surface area contributed by atoms with Gasteiger partial charge in [-0.05, 0) is 211 Å². The molecule has 0 fully saturated rings. The van der Waals surface area contributed by atoms with E-state index in [2.05, 4.69) is 385 Å². The van der Waals surface area contributed by atoms with E-state index in [0.717, 1.165) is 177 Å². The SMILES string of the molecule is N#Cc1ccc(-c2ccc3c4c5sc6ccccc6c5ccc4n(-c4ccccc4)c3c2)c(-n2c3ccccc3c3cc(C#N)ccc32)c1.N#Cc1ccc2c(c1)c1ccccc1n2-c1c(C#N)cccc1-c1ccc2c3c4sc5ccccc5c4ccc3n(-c3ccccc3)c2c1.N#Cc1cccc(-n2c3ccccc3c3ccccc32)c1-c1ccc2c(c1)c1c3oc4ccccc4c3ccc1n2-c1ccccc1. The van der Waals surface area contributed by atoms with Crippen molar-refractivity contribution in [2.45, 2.75) is 0 Å². The molecular formula is C131H73N11OS2. The molecule has 0 aliphatic heterocycles. The fourth-order valence-corrected chi connectivity index (χ4v) is 25.5. The van der Waals surface area contributed by atoms with Gasteiger partial charge in [-0.15, -0.1) is 22.7 Å². The van der Waals surface area contributed by atoms with Gasteiger partial charge in [-0.1, -0.05) is 249 Å². The second kappa shape index (κ2) is 33.2. The van der Waals surface area contributed by atoms with E-state index in [1.54, 1.807) is 0 Å². The number of para-hydroxylation sites is 9. The molecule has 30 rings (SSSR count). The smallest absolute Gasteiger partial charge is 0.145 e. The first kappa shape index (κ1) is 83.3. The highest BCUT2D eigenvalue weighted by atomic mass is 32.1. The van der Waals surface area contributed by atoms with Crippen LogP contribution in [-0.4, -0.2) is 27.4 Å². The summed E-state index contributed by atoms with van der Waals surface area (Å²) in [6.07, 6.45) is 0. The normalized spacial score (nSPS) is 11.7. The Balaban J connectivity index is 0.000000106. The van der Waals surface area contributed by atoms with E-state index in [1.807, 2.05) is 138 Å². The molecule has 0 saturated heterocycles. The Morgan fingerprint density at radius 1 is 0.207 bits per heavy atom. The molecule has 0 spiro atoms. The minimum atomic E-state index is 0.584. The maximum atomic E-state index is 10.5. The number of aromatic nitrogens is 6. The molecule has 0 amide bonds. The zero-order valence-electron chi connectivity index (χ0n) is 77.3. The van der Waals surface area contributed by atoms with Crippen LogP contribution in [0.3, 0.4) is 0 Å². The van der Waals surface area contributed by atoms with Gasteiger partial charge in [0, 0.05) is 144 Å². The number of nitriles is 5. The summed E-state index contributed by atoms with van der Waals surface area (Å²) in [5.74, 6) is 0. The van der Waals surface area contributed by atoms with Crippen molar-refractivity contribution >= 4 is 216 Å². The van der Waals surface area contributed by atoms with Crippen molar-refractivity contribution in [3.8, 4) is 97.9 Å². The van der Waals surface area contributed by atoms with Gasteiger partial charge < -0.3 is 31.8 Å². The summed E-state index contributed by atoms with van der Waals surface area (Å²) in [7, 11) is 0.